The predicted molar refractivity (Wildman–Crippen MR) is 54.4 cm³/mol. The minimum atomic E-state index is -3.08. The first-order chi connectivity index (χ1) is 7.40. The Labute approximate surface area is 99.5 Å². The van der Waals surface area contributed by atoms with Crippen molar-refractivity contribution in [3.63, 3.8) is 0 Å². The van der Waals surface area contributed by atoms with E-state index < -0.39 is 19.0 Å². The second-order valence-corrected chi connectivity index (χ2v) is 3.67. The van der Waals surface area contributed by atoms with Crippen molar-refractivity contribution >= 4 is 29.2 Å². The van der Waals surface area contributed by atoms with Gasteiger partial charge in [-0.2, -0.15) is 8.78 Å². The van der Waals surface area contributed by atoms with Gasteiger partial charge in [0.05, 0.1) is 11.4 Å². The third kappa shape index (κ3) is 3.50. The molecule has 1 rings (SSSR count). The Hall–Kier alpha value is -1.07. The molecule has 0 atom stereocenters. The number of carbonyl (C=O) groups is 1. The van der Waals surface area contributed by atoms with Crippen molar-refractivity contribution in [3.05, 3.63) is 27.7 Å². The summed E-state index contributed by atoms with van der Waals surface area (Å²) in [6.45, 7) is -3.08. The number of alkyl halides is 2. The number of rotatable bonds is 4. The lowest BCUT2D eigenvalue weighted by Gasteiger charge is -2.11. The second kappa shape index (κ2) is 5.32. The average molecular weight is 271 g/mol. The molecular weight excluding hydrogens is 265 g/mol. The van der Waals surface area contributed by atoms with Gasteiger partial charge >= 0.3 is 12.6 Å². The van der Waals surface area contributed by atoms with E-state index in [2.05, 4.69) is 4.74 Å². The van der Waals surface area contributed by atoms with Gasteiger partial charge in [-0.15, -0.1) is 0 Å². The fourth-order valence-electron chi connectivity index (χ4n) is 1.13. The second-order valence-electron chi connectivity index (χ2n) is 2.82. The Morgan fingerprint density at radius 1 is 1.44 bits per heavy atom. The summed E-state index contributed by atoms with van der Waals surface area (Å²) in [7, 11) is 0. The van der Waals surface area contributed by atoms with E-state index in [1.165, 1.54) is 12.1 Å². The monoisotopic (exact) mass is 270 g/mol. The van der Waals surface area contributed by atoms with Gasteiger partial charge in [-0.05, 0) is 12.1 Å². The zero-order valence-electron chi connectivity index (χ0n) is 7.71. The molecule has 0 aliphatic carbocycles. The van der Waals surface area contributed by atoms with Crippen LogP contribution in [0.3, 0.4) is 0 Å². The normalized spacial score (nSPS) is 10.6. The smallest absolute Gasteiger partial charge is 0.387 e. The Balaban J connectivity index is 3.15. The van der Waals surface area contributed by atoms with Crippen LogP contribution in [-0.4, -0.2) is 17.7 Å². The van der Waals surface area contributed by atoms with Crippen molar-refractivity contribution < 1.29 is 23.4 Å². The summed E-state index contributed by atoms with van der Waals surface area (Å²) in [5.41, 5.74) is 0.00491. The van der Waals surface area contributed by atoms with E-state index in [-0.39, 0.29) is 21.4 Å². The predicted octanol–water partition coefficient (Wildman–Crippen LogP) is 3.22. The largest absolute Gasteiger partial charge is 0.481 e. The van der Waals surface area contributed by atoms with Gasteiger partial charge in [0, 0.05) is 10.6 Å². The number of ether oxygens (including phenoxy) is 1. The zero-order valence-corrected chi connectivity index (χ0v) is 9.23. The lowest BCUT2D eigenvalue weighted by atomic mass is 10.1. The van der Waals surface area contributed by atoms with Gasteiger partial charge in [0.25, 0.3) is 0 Å². The number of hydrogen-bond acceptors (Lipinski definition) is 2. The summed E-state index contributed by atoms with van der Waals surface area (Å²) < 4.78 is 28.3. The van der Waals surface area contributed by atoms with Crippen LogP contribution in [0, 0.1) is 0 Å². The lowest BCUT2D eigenvalue weighted by molar-refractivity contribution is -0.136. The summed E-state index contributed by atoms with van der Waals surface area (Å²) in [4.78, 5) is 10.5. The van der Waals surface area contributed by atoms with E-state index >= 15 is 0 Å². The van der Waals surface area contributed by atoms with Crippen LogP contribution in [0.25, 0.3) is 0 Å². The van der Waals surface area contributed by atoms with E-state index in [9.17, 15) is 13.6 Å². The standard InChI is InChI=1S/C9H6Cl2F2O3/c10-5-1-4(2-7(14)15)8(6(11)3-5)16-9(12)13/h1,3,9H,2H2,(H,14,15). The number of carboxylic acids is 1. The van der Waals surface area contributed by atoms with E-state index in [1.54, 1.807) is 0 Å². The van der Waals surface area contributed by atoms with Crippen LogP contribution in [0.2, 0.25) is 10.0 Å². The van der Waals surface area contributed by atoms with Gasteiger partial charge in [0.2, 0.25) is 0 Å². The third-order valence-electron chi connectivity index (χ3n) is 1.63. The number of carboxylic acid groups (broad SMARTS) is 1. The van der Waals surface area contributed by atoms with Crippen molar-refractivity contribution in [2.45, 2.75) is 13.0 Å². The van der Waals surface area contributed by atoms with Crippen LogP contribution in [-0.2, 0) is 11.2 Å². The molecule has 0 saturated heterocycles. The van der Waals surface area contributed by atoms with Crippen molar-refractivity contribution in [1.82, 2.24) is 0 Å². The summed E-state index contributed by atoms with van der Waals surface area (Å²) in [5.74, 6) is -1.55. The third-order valence-corrected chi connectivity index (χ3v) is 2.13. The summed E-state index contributed by atoms with van der Waals surface area (Å²) in [6.07, 6.45) is -0.498. The topological polar surface area (TPSA) is 46.5 Å². The van der Waals surface area contributed by atoms with Gasteiger partial charge in [0.15, 0.2) is 0 Å². The van der Waals surface area contributed by atoms with Crippen LogP contribution >= 0.6 is 23.2 Å². The maximum atomic E-state index is 12.1. The lowest BCUT2D eigenvalue weighted by Crippen LogP contribution is -2.08. The molecule has 0 aliphatic heterocycles. The Bertz CT molecular complexity index is 410. The molecule has 0 spiro atoms. The SMILES string of the molecule is O=C(O)Cc1cc(Cl)cc(Cl)c1OC(F)F. The molecule has 0 fully saturated rings. The van der Waals surface area contributed by atoms with E-state index in [4.69, 9.17) is 28.3 Å². The van der Waals surface area contributed by atoms with Gasteiger partial charge in [0.1, 0.15) is 5.75 Å². The molecule has 0 radical (unpaired) electrons. The highest BCUT2D eigenvalue weighted by atomic mass is 35.5. The highest BCUT2D eigenvalue weighted by Crippen LogP contribution is 2.33. The van der Waals surface area contributed by atoms with E-state index in [0.717, 1.165) is 0 Å². The molecule has 1 aromatic carbocycles. The summed E-state index contributed by atoms with van der Waals surface area (Å²) >= 11 is 11.2. The molecule has 1 aromatic rings. The fourth-order valence-corrected chi connectivity index (χ4v) is 1.71. The maximum Gasteiger partial charge on any atom is 0.387 e. The van der Waals surface area contributed by atoms with Crippen molar-refractivity contribution in [2.24, 2.45) is 0 Å². The van der Waals surface area contributed by atoms with Crippen LogP contribution in [0.4, 0.5) is 8.78 Å². The summed E-state index contributed by atoms with van der Waals surface area (Å²) in [5, 5.41) is 8.58. The highest BCUT2D eigenvalue weighted by Gasteiger charge is 2.16. The van der Waals surface area contributed by atoms with E-state index in [1.807, 2.05) is 0 Å². The first-order valence-electron chi connectivity index (χ1n) is 4.04. The van der Waals surface area contributed by atoms with Gasteiger partial charge in [-0.25, -0.2) is 0 Å². The average Bonchev–Trinajstić information content (AvgIpc) is 2.09. The zero-order chi connectivity index (χ0) is 12.3. The molecule has 3 nitrogen and oxygen atoms in total. The number of hydrogen-bond donors (Lipinski definition) is 1. The van der Waals surface area contributed by atoms with Crippen molar-refractivity contribution in [2.75, 3.05) is 0 Å². The fraction of sp³-hybridized carbons (Fsp3) is 0.222. The van der Waals surface area contributed by atoms with Crippen LogP contribution in [0.5, 0.6) is 5.75 Å². The van der Waals surface area contributed by atoms with Crippen LogP contribution in [0.15, 0.2) is 12.1 Å². The molecule has 0 amide bonds. The molecule has 7 heteroatoms. The molecule has 16 heavy (non-hydrogen) atoms. The maximum absolute atomic E-state index is 12.1. The first kappa shape index (κ1) is 13.0. The number of aliphatic carboxylic acids is 1. The molecule has 0 aliphatic rings. The number of halogens is 4. The minimum Gasteiger partial charge on any atom is -0.481 e. The van der Waals surface area contributed by atoms with Gasteiger partial charge < -0.3 is 9.84 Å². The van der Waals surface area contributed by atoms with Gasteiger partial charge in [-0.3, -0.25) is 4.79 Å². The molecular formula is C9H6Cl2F2O3. The van der Waals surface area contributed by atoms with Crippen LogP contribution in [0.1, 0.15) is 5.56 Å². The quantitative estimate of drug-likeness (QED) is 0.914. The first-order valence-corrected chi connectivity index (χ1v) is 4.80. The molecule has 0 bridgehead atoms. The van der Waals surface area contributed by atoms with Crippen molar-refractivity contribution in [1.29, 1.82) is 0 Å². The Kier molecular flexibility index (Phi) is 4.32. The molecule has 1 N–H and O–H groups in total. The molecule has 0 unspecified atom stereocenters. The molecule has 0 heterocycles. The molecule has 0 aromatic heterocycles. The summed E-state index contributed by atoms with van der Waals surface area (Å²) in [6, 6.07) is 2.42. The molecule has 88 valence electrons. The number of benzene rings is 1. The van der Waals surface area contributed by atoms with Crippen molar-refractivity contribution in [3.8, 4) is 5.75 Å². The Morgan fingerprint density at radius 3 is 2.56 bits per heavy atom. The Morgan fingerprint density at radius 2 is 2.06 bits per heavy atom. The van der Waals surface area contributed by atoms with E-state index in [0.29, 0.717) is 0 Å². The van der Waals surface area contributed by atoms with Crippen LogP contribution < -0.4 is 4.74 Å². The van der Waals surface area contributed by atoms with Gasteiger partial charge in [-0.1, -0.05) is 23.2 Å². The minimum absolute atomic E-state index is 0.00491. The molecule has 0 saturated carbocycles. The highest BCUT2D eigenvalue weighted by molar-refractivity contribution is 6.35.